The molecule has 114 valence electrons. The van der Waals surface area contributed by atoms with Gasteiger partial charge in [0, 0.05) is 17.1 Å². The van der Waals surface area contributed by atoms with Gasteiger partial charge in [-0.25, -0.2) is 4.79 Å². The summed E-state index contributed by atoms with van der Waals surface area (Å²) in [5.74, 6) is -0.293. The van der Waals surface area contributed by atoms with Crippen LogP contribution in [-0.2, 0) is 9.59 Å². The van der Waals surface area contributed by atoms with Crippen molar-refractivity contribution in [2.24, 2.45) is 5.10 Å². The Kier molecular flexibility index (Phi) is 3.58. The molecule has 22 heavy (non-hydrogen) atoms. The van der Waals surface area contributed by atoms with E-state index in [1.165, 1.54) is 4.90 Å². The molecule has 1 atom stereocenters. The second kappa shape index (κ2) is 5.42. The molecule has 0 radical (unpaired) electrons. The Balaban J connectivity index is 1.81. The van der Waals surface area contributed by atoms with E-state index in [1.54, 1.807) is 31.2 Å². The summed E-state index contributed by atoms with van der Waals surface area (Å²) in [6.07, 6.45) is 0.686. The Labute approximate surface area is 131 Å². The number of amidine groups is 1. The lowest BCUT2D eigenvalue weighted by atomic mass is 10.2. The largest absolute Gasteiger partial charge is 0.349 e. The van der Waals surface area contributed by atoms with Gasteiger partial charge in [-0.05, 0) is 37.6 Å². The number of nitrogens with one attached hydrogen (secondary N) is 1. The molecule has 0 bridgehead atoms. The third kappa shape index (κ3) is 2.43. The molecule has 8 heteroatoms. The van der Waals surface area contributed by atoms with E-state index in [2.05, 4.69) is 10.4 Å². The van der Waals surface area contributed by atoms with Crippen LogP contribution in [0.3, 0.4) is 0 Å². The number of hydrazone groups is 1. The number of fused-ring (bicyclic) bond motifs is 1. The molecule has 2 aliphatic heterocycles. The van der Waals surface area contributed by atoms with Gasteiger partial charge >= 0.3 is 6.03 Å². The number of rotatable bonds is 1. The van der Waals surface area contributed by atoms with Crippen LogP contribution in [0.1, 0.15) is 19.8 Å². The number of amides is 4. The molecule has 0 spiro atoms. The SMILES string of the molecule is CC1=NN(C(=O)Nc2ccc(Cl)cc2)C(=O)[C@@H]2CCC(=O)N12. The number of nitrogens with zero attached hydrogens (tertiary/aromatic N) is 3. The van der Waals surface area contributed by atoms with Crippen LogP contribution in [0, 0.1) is 0 Å². The maximum absolute atomic E-state index is 12.3. The van der Waals surface area contributed by atoms with Gasteiger partial charge in [-0.15, -0.1) is 10.1 Å². The maximum Gasteiger partial charge on any atom is 0.349 e. The minimum Gasteiger partial charge on any atom is -0.306 e. The van der Waals surface area contributed by atoms with Gasteiger partial charge in [-0.2, -0.15) is 0 Å². The molecule has 2 heterocycles. The fourth-order valence-electron chi connectivity index (χ4n) is 2.56. The first kappa shape index (κ1) is 14.5. The summed E-state index contributed by atoms with van der Waals surface area (Å²) in [5, 5.41) is 7.84. The molecule has 2 aliphatic rings. The van der Waals surface area contributed by atoms with Crippen LogP contribution >= 0.6 is 11.6 Å². The summed E-state index contributed by atoms with van der Waals surface area (Å²) in [6.45, 7) is 1.60. The van der Waals surface area contributed by atoms with Gasteiger partial charge in [0.15, 0.2) is 0 Å². The topological polar surface area (TPSA) is 82.1 Å². The average Bonchev–Trinajstić information content (AvgIpc) is 2.88. The van der Waals surface area contributed by atoms with Crippen molar-refractivity contribution >= 4 is 41.0 Å². The Morgan fingerprint density at radius 3 is 2.68 bits per heavy atom. The lowest BCUT2D eigenvalue weighted by Crippen LogP contribution is -2.54. The molecule has 0 aliphatic carbocycles. The van der Waals surface area contributed by atoms with Crippen molar-refractivity contribution in [1.82, 2.24) is 9.91 Å². The number of carbonyl (C=O) groups excluding carboxylic acids is 3. The lowest BCUT2D eigenvalue weighted by Gasteiger charge is -2.31. The zero-order valence-corrected chi connectivity index (χ0v) is 12.5. The van der Waals surface area contributed by atoms with Crippen LogP contribution in [0.25, 0.3) is 0 Å². The van der Waals surface area contributed by atoms with Gasteiger partial charge in [-0.3, -0.25) is 14.5 Å². The third-order valence-electron chi connectivity index (χ3n) is 3.59. The minimum atomic E-state index is -0.661. The first-order valence-electron chi connectivity index (χ1n) is 6.75. The molecule has 0 unspecified atom stereocenters. The van der Waals surface area contributed by atoms with Crippen LogP contribution in [0.4, 0.5) is 10.5 Å². The Morgan fingerprint density at radius 2 is 2.00 bits per heavy atom. The third-order valence-corrected chi connectivity index (χ3v) is 3.84. The van der Waals surface area contributed by atoms with E-state index >= 15 is 0 Å². The highest BCUT2D eigenvalue weighted by atomic mass is 35.5. The van der Waals surface area contributed by atoms with Crippen LogP contribution in [0.15, 0.2) is 29.4 Å². The fourth-order valence-corrected chi connectivity index (χ4v) is 2.69. The maximum atomic E-state index is 12.3. The fraction of sp³-hybridized carbons (Fsp3) is 0.286. The molecule has 3 rings (SSSR count). The summed E-state index contributed by atoms with van der Waals surface area (Å²) in [7, 11) is 0. The first-order chi connectivity index (χ1) is 10.5. The summed E-state index contributed by atoms with van der Waals surface area (Å²) >= 11 is 5.78. The van der Waals surface area contributed by atoms with E-state index in [0.29, 0.717) is 23.0 Å². The van der Waals surface area contributed by atoms with Gasteiger partial charge in [0.1, 0.15) is 11.9 Å². The van der Waals surface area contributed by atoms with Crippen LogP contribution < -0.4 is 5.32 Å². The van der Waals surface area contributed by atoms with Crippen molar-refractivity contribution < 1.29 is 14.4 Å². The van der Waals surface area contributed by atoms with Gasteiger partial charge in [0.05, 0.1) is 0 Å². The number of halogens is 1. The van der Waals surface area contributed by atoms with Crippen LogP contribution in [0.5, 0.6) is 0 Å². The van der Waals surface area contributed by atoms with Crippen LogP contribution in [0.2, 0.25) is 5.02 Å². The van der Waals surface area contributed by atoms with E-state index < -0.39 is 18.0 Å². The molecular formula is C14H13ClN4O3. The Bertz CT molecular complexity index is 686. The number of hydrogen-bond acceptors (Lipinski definition) is 4. The average molecular weight is 321 g/mol. The van der Waals surface area contributed by atoms with Gasteiger partial charge in [0.25, 0.3) is 5.91 Å². The van der Waals surface area contributed by atoms with Crippen molar-refractivity contribution in [3.63, 3.8) is 0 Å². The Hall–Kier alpha value is -2.41. The highest BCUT2D eigenvalue weighted by Gasteiger charge is 2.45. The molecule has 7 nitrogen and oxygen atoms in total. The molecule has 1 fully saturated rings. The van der Waals surface area contributed by atoms with Crippen molar-refractivity contribution in [1.29, 1.82) is 0 Å². The van der Waals surface area contributed by atoms with E-state index in [4.69, 9.17) is 11.6 Å². The molecule has 0 saturated carbocycles. The molecule has 0 aromatic heterocycles. The highest BCUT2D eigenvalue weighted by Crippen LogP contribution is 2.25. The second-order valence-corrected chi connectivity index (χ2v) is 5.49. The summed E-state index contributed by atoms with van der Waals surface area (Å²) < 4.78 is 0. The number of hydrogen-bond donors (Lipinski definition) is 1. The van der Waals surface area contributed by atoms with Crippen molar-refractivity contribution in [2.75, 3.05) is 5.32 Å². The first-order valence-corrected chi connectivity index (χ1v) is 7.13. The lowest BCUT2D eigenvalue weighted by molar-refractivity contribution is -0.137. The quantitative estimate of drug-likeness (QED) is 0.859. The van der Waals surface area contributed by atoms with Crippen molar-refractivity contribution in [2.45, 2.75) is 25.8 Å². The molecule has 4 amide bonds. The van der Waals surface area contributed by atoms with E-state index in [0.717, 1.165) is 5.01 Å². The monoisotopic (exact) mass is 320 g/mol. The molecule has 1 saturated heterocycles. The molecule has 1 N–H and O–H groups in total. The zero-order valence-electron chi connectivity index (χ0n) is 11.7. The van der Waals surface area contributed by atoms with E-state index in [9.17, 15) is 14.4 Å². The van der Waals surface area contributed by atoms with Crippen molar-refractivity contribution in [3.8, 4) is 0 Å². The highest BCUT2D eigenvalue weighted by molar-refractivity contribution is 6.30. The smallest absolute Gasteiger partial charge is 0.306 e. The van der Waals surface area contributed by atoms with Crippen LogP contribution in [-0.4, -0.2) is 39.6 Å². The second-order valence-electron chi connectivity index (χ2n) is 5.05. The standard InChI is InChI=1S/C14H13ClN4O3/c1-8-17-19(13(21)11-6-7-12(20)18(8)11)14(22)16-10-4-2-9(15)3-5-10/h2-5,11H,6-7H2,1H3,(H,16,22)/t11-/m0/s1. The number of benzene rings is 1. The number of carbonyl (C=O) groups is 3. The van der Waals surface area contributed by atoms with E-state index in [-0.39, 0.29) is 12.3 Å². The summed E-state index contributed by atoms with van der Waals surface area (Å²) in [6, 6.07) is 5.20. The number of urea groups is 1. The normalized spacial score (nSPS) is 20.8. The minimum absolute atomic E-state index is 0.141. The number of anilines is 1. The molecule has 1 aromatic carbocycles. The predicted molar refractivity (Wildman–Crippen MR) is 80.3 cm³/mol. The Morgan fingerprint density at radius 1 is 1.32 bits per heavy atom. The predicted octanol–water partition coefficient (Wildman–Crippen LogP) is 2.04. The van der Waals surface area contributed by atoms with Crippen molar-refractivity contribution in [3.05, 3.63) is 29.3 Å². The van der Waals surface area contributed by atoms with Gasteiger partial charge in [-0.1, -0.05) is 11.6 Å². The van der Waals surface area contributed by atoms with Gasteiger partial charge in [0.2, 0.25) is 5.91 Å². The summed E-state index contributed by atoms with van der Waals surface area (Å²) in [5.41, 5.74) is 0.500. The van der Waals surface area contributed by atoms with Gasteiger partial charge < -0.3 is 5.32 Å². The summed E-state index contributed by atoms with van der Waals surface area (Å²) in [4.78, 5) is 37.6. The molecular weight excluding hydrogens is 308 g/mol. The molecule has 1 aromatic rings. The zero-order chi connectivity index (χ0) is 15.9. The van der Waals surface area contributed by atoms with E-state index in [1.807, 2.05) is 0 Å². The number of imide groups is 1.